The lowest BCUT2D eigenvalue weighted by Gasteiger charge is -2.32. The van der Waals surface area contributed by atoms with E-state index in [1.807, 2.05) is 0 Å². The zero-order valence-corrected chi connectivity index (χ0v) is 10.8. The van der Waals surface area contributed by atoms with Crippen LogP contribution in [0, 0.1) is 5.92 Å². The Hall–Kier alpha value is -0.0800. The maximum Gasteiger partial charge on any atom is 0.0197 e. The van der Waals surface area contributed by atoms with Crippen molar-refractivity contribution >= 4 is 0 Å². The molecule has 0 radical (unpaired) electrons. The maximum atomic E-state index is 3.65. The Bertz CT molecular complexity index is 159. The summed E-state index contributed by atoms with van der Waals surface area (Å²) in [6, 6.07) is 0.741. The van der Waals surface area contributed by atoms with Gasteiger partial charge in [-0.1, -0.05) is 27.2 Å². The van der Waals surface area contributed by atoms with Gasteiger partial charge in [0.1, 0.15) is 0 Å². The van der Waals surface area contributed by atoms with E-state index in [2.05, 4.69) is 31.0 Å². The highest BCUT2D eigenvalue weighted by Crippen LogP contribution is 2.15. The van der Waals surface area contributed by atoms with E-state index >= 15 is 0 Å². The van der Waals surface area contributed by atoms with Gasteiger partial charge >= 0.3 is 0 Å². The Morgan fingerprint density at radius 2 is 2.13 bits per heavy atom. The second-order valence-electron chi connectivity index (χ2n) is 5.03. The third-order valence-electron chi connectivity index (χ3n) is 3.51. The molecule has 2 atom stereocenters. The van der Waals surface area contributed by atoms with Crippen LogP contribution in [-0.2, 0) is 0 Å². The number of likely N-dealkylation sites (N-methyl/N-ethyl adjacent to an activating group) is 1. The Morgan fingerprint density at radius 3 is 2.73 bits per heavy atom. The minimum absolute atomic E-state index is 0.741. The van der Waals surface area contributed by atoms with Crippen molar-refractivity contribution in [1.82, 2.24) is 10.2 Å². The first-order valence-electron chi connectivity index (χ1n) is 6.72. The van der Waals surface area contributed by atoms with Gasteiger partial charge in [-0.25, -0.2) is 0 Å². The van der Waals surface area contributed by atoms with E-state index in [4.69, 9.17) is 0 Å². The molecule has 0 bridgehead atoms. The molecule has 15 heavy (non-hydrogen) atoms. The molecule has 2 nitrogen and oxygen atoms in total. The summed E-state index contributed by atoms with van der Waals surface area (Å²) in [5, 5.41) is 3.65. The van der Waals surface area contributed by atoms with E-state index in [1.54, 1.807) is 0 Å². The van der Waals surface area contributed by atoms with Crippen molar-refractivity contribution in [2.75, 3.05) is 26.2 Å². The van der Waals surface area contributed by atoms with Gasteiger partial charge < -0.3 is 10.2 Å². The van der Waals surface area contributed by atoms with Crippen LogP contribution in [0.2, 0.25) is 0 Å². The van der Waals surface area contributed by atoms with Crippen molar-refractivity contribution < 1.29 is 0 Å². The lowest BCUT2D eigenvalue weighted by atomic mass is 9.94. The number of hydrogen-bond acceptors (Lipinski definition) is 2. The van der Waals surface area contributed by atoms with Gasteiger partial charge in [0.25, 0.3) is 0 Å². The molecule has 2 unspecified atom stereocenters. The summed E-state index contributed by atoms with van der Waals surface area (Å²) in [6.07, 6.45) is 5.38. The number of nitrogens with zero attached hydrogens (tertiary/aromatic N) is 1. The predicted octanol–water partition coefficient (Wildman–Crippen LogP) is 2.50. The van der Waals surface area contributed by atoms with Gasteiger partial charge in [0, 0.05) is 12.6 Å². The topological polar surface area (TPSA) is 15.3 Å². The molecule has 2 heteroatoms. The third kappa shape index (κ3) is 4.98. The van der Waals surface area contributed by atoms with Crippen molar-refractivity contribution in [2.45, 2.75) is 52.5 Å². The molecule has 1 heterocycles. The van der Waals surface area contributed by atoms with Crippen molar-refractivity contribution in [3.8, 4) is 0 Å². The summed E-state index contributed by atoms with van der Waals surface area (Å²) in [5.74, 6) is 0.918. The molecule has 90 valence electrons. The smallest absolute Gasteiger partial charge is 0.0197 e. The van der Waals surface area contributed by atoms with Gasteiger partial charge in [0.2, 0.25) is 0 Å². The van der Waals surface area contributed by atoms with Gasteiger partial charge in [-0.2, -0.15) is 0 Å². The molecular weight excluding hydrogens is 184 g/mol. The second kappa shape index (κ2) is 7.24. The van der Waals surface area contributed by atoms with Gasteiger partial charge in [-0.15, -0.1) is 0 Å². The molecule has 0 amide bonds. The summed E-state index contributed by atoms with van der Waals surface area (Å²) in [5.41, 5.74) is 0. The number of hydrogen-bond donors (Lipinski definition) is 1. The van der Waals surface area contributed by atoms with Crippen LogP contribution in [0.15, 0.2) is 0 Å². The molecule has 0 aromatic rings. The van der Waals surface area contributed by atoms with Crippen LogP contribution in [0.25, 0.3) is 0 Å². The molecule has 1 rings (SSSR count). The SMILES string of the molecule is CCCCN(CC)CC1CC(C)CCN1. The van der Waals surface area contributed by atoms with Crippen molar-refractivity contribution in [2.24, 2.45) is 5.92 Å². The average Bonchev–Trinajstić information content (AvgIpc) is 2.24. The Morgan fingerprint density at radius 1 is 1.33 bits per heavy atom. The highest BCUT2D eigenvalue weighted by Gasteiger charge is 2.19. The summed E-state index contributed by atoms with van der Waals surface area (Å²) in [6.45, 7) is 11.9. The number of piperidine rings is 1. The monoisotopic (exact) mass is 212 g/mol. The normalized spacial score (nSPS) is 27.2. The summed E-state index contributed by atoms with van der Waals surface area (Å²) >= 11 is 0. The number of unbranched alkanes of at least 4 members (excludes halogenated alkanes) is 1. The van der Waals surface area contributed by atoms with E-state index < -0.39 is 0 Å². The average molecular weight is 212 g/mol. The van der Waals surface area contributed by atoms with Crippen LogP contribution in [-0.4, -0.2) is 37.1 Å². The van der Waals surface area contributed by atoms with Gasteiger partial charge in [0.05, 0.1) is 0 Å². The fourth-order valence-electron chi connectivity index (χ4n) is 2.43. The fraction of sp³-hybridized carbons (Fsp3) is 1.00. The van der Waals surface area contributed by atoms with E-state index in [0.717, 1.165) is 12.0 Å². The molecule has 0 aromatic carbocycles. The van der Waals surface area contributed by atoms with E-state index in [9.17, 15) is 0 Å². The van der Waals surface area contributed by atoms with Crippen molar-refractivity contribution in [3.05, 3.63) is 0 Å². The van der Waals surface area contributed by atoms with Gasteiger partial charge in [-0.05, 0) is 44.8 Å². The van der Waals surface area contributed by atoms with Crippen LogP contribution < -0.4 is 5.32 Å². The third-order valence-corrected chi connectivity index (χ3v) is 3.51. The van der Waals surface area contributed by atoms with Crippen LogP contribution in [0.5, 0.6) is 0 Å². The van der Waals surface area contributed by atoms with Crippen LogP contribution in [0.1, 0.15) is 46.5 Å². The standard InChI is InChI=1S/C13H28N2/c1-4-6-9-15(5-2)11-13-10-12(3)7-8-14-13/h12-14H,4-11H2,1-3H3. The quantitative estimate of drug-likeness (QED) is 0.728. The molecule has 0 spiro atoms. The molecule has 0 aromatic heterocycles. The van der Waals surface area contributed by atoms with Crippen molar-refractivity contribution in [1.29, 1.82) is 0 Å². The molecule has 1 N–H and O–H groups in total. The molecular formula is C13H28N2. The first-order valence-corrected chi connectivity index (χ1v) is 6.72. The Balaban J connectivity index is 2.24. The van der Waals surface area contributed by atoms with Gasteiger partial charge in [0.15, 0.2) is 0 Å². The van der Waals surface area contributed by atoms with Crippen LogP contribution >= 0.6 is 0 Å². The predicted molar refractivity (Wildman–Crippen MR) is 67.2 cm³/mol. The highest BCUT2D eigenvalue weighted by molar-refractivity contribution is 4.79. The summed E-state index contributed by atoms with van der Waals surface area (Å²) in [7, 11) is 0. The van der Waals surface area contributed by atoms with E-state index in [0.29, 0.717) is 0 Å². The first-order chi connectivity index (χ1) is 7.26. The summed E-state index contributed by atoms with van der Waals surface area (Å²) in [4.78, 5) is 2.60. The van der Waals surface area contributed by atoms with Crippen LogP contribution in [0.3, 0.4) is 0 Å². The lowest BCUT2D eigenvalue weighted by Crippen LogP contribution is -2.45. The maximum absolute atomic E-state index is 3.65. The first kappa shape index (κ1) is 13.0. The zero-order valence-electron chi connectivity index (χ0n) is 10.8. The molecule has 1 aliphatic heterocycles. The molecule has 1 fully saturated rings. The number of rotatable bonds is 6. The summed E-state index contributed by atoms with van der Waals surface area (Å²) < 4.78 is 0. The minimum Gasteiger partial charge on any atom is -0.313 e. The highest BCUT2D eigenvalue weighted by atomic mass is 15.1. The van der Waals surface area contributed by atoms with Crippen molar-refractivity contribution in [3.63, 3.8) is 0 Å². The van der Waals surface area contributed by atoms with E-state index in [-0.39, 0.29) is 0 Å². The molecule has 0 aliphatic carbocycles. The Kier molecular flexibility index (Phi) is 6.26. The van der Waals surface area contributed by atoms with E-state index in [1.165, 1.54) is 51.9 Å². The molecule has 1 saturated heterocycles. The second-order valence-corrected chi connectivity index (χ2v) is 5.03. The number of nitrogens with one attached hydrogen (secondary N) is 1. The molecule has 1 aliphatic rings. The zero-order chi connectivity index (χ0) is 11.1. The molecule has 0 saturated carbocycles. The largest absolute Gasteiger partial charge is 0.313 e. The Labute approximate surface area is 95.4 Å². The van der Waals surface area contributed by atoms with Gasteiger partial charge in [-0.3, -0.25) is 0 Å². The fourth-order valence-corrected chi connectivity index (χ4v) is 2.43. The lowest BCUT2D eigenvalue weighted by molar-refractivity contribution is 0.211. The van der Waals surface area contributed by atoms with Crippen LogP contribution in [0.4, 0.5) is 0 Å². The minimum atomic E-state index is 0.741.